The highest BCUT2D eigenvalue weighted by atomic mass is 32.2. The van der Waals surface area contributed by atoms with Crippen molar-refractivity contribution in [2.24, 2.45) is 0 Å². The van der Waals surface area contributed by atoms with Crippen LogP contribution in [0.2, 0.25) is 0 Å². The van der Waals surface area contributed by atoms with Crippen molar-refractivity contribution < 1.29 is 8.42 Å². The number of nitrogens with zero attached hydrogens (tertiary/aromatic N) is 3. The summed E-state index contributed by atoms with van der Waals surface area (Å²) >= 11 is 1.03. The van der Waals surface area contributed by atoms with Gasteiger partial charge in [-0.05, 0) is 19.2 Å². The van der Waals surface area contributed by atoms with Crippen LogP contribution in [0.15, 0.2) is 16.3 Å². The van der Waals surface area contributed by atoms with Crippen molar-refractivity contribution in [3.8, 4) is 6.07 Å². The van der Waals surface area contributed by atoms with Gasteiger partial charge in [-0.3, -0.25) is 0 Å². The van der Waals surface area contributed by atoms with Crippen molar-refractivity contribution in [1.82, 2.24) is 9.21 Å². The third-order valence-corrected chi connectivity index (χ3v) is 6.10. The van der Waals surface area contributed by atoms with Gasteiger partial charge in [0, 0.05) is 26.2 Å². The Kier molecular flexibility index (Phi) is 3.49. The molecule has 1 fully saturated rings. The third kappa shape index (κ3) is 2.50. The molecule has 0 N–H and O–H groups in total. The molecule has 1 aromatic heterocycles. The molecule has 0 radical (unpaired) electrons. The zero-order valence-electron chi connectivity index (χ0n) is 9.46. The summed E-state index contributed by atoms with van der Waals surface area (Å²) in [6.07, 6.45) is 0. The second-order valence-corrected chi connectivity index (χ2v) is 7.19. The monoisotopic (exact) mass is 271 g/mol. The van der Waals surface area contributed by atoms with E-state index in [1.807, 2.05) is 13.1 Å². The number of nitriles is 1. The van der Waals surface area contributed by atoms with Crippen LogP contribution in [0, 0.1) is 11.3 Å². The van der Waals surface area contributed by atoms with E-state index >= 15 is 0 Å². The fourth-order valence-corrected chi connectivity index (χ4v) is 4.35. The molecule has 7 heteroatoms. The van der Waals surface area contributed by atoms with E-state index in [0.29, 0.717) is 18.0 Å². The molecule has 1 saturated heterocycles. The van der Waals surface area contributed by atoms with Gasteiger partial charge in [0.05, 0.1) is 0 Å². The van der Waals surface area contributed by atoms with Crippen LogP contribution < -0.4 is 0 Å². The Bertz CT molecular complexity index is 536. The highest BCUT2D eigenvalue weighted by Crippen LogP contribution is 2.24. The second-order valence-electron chi connectivity index (χ2n) is 3.94. The lowest BCUT2D eigenvalue weighted by molar-refractivity contribution is 0.222. The molecule has 5 nitrogen and oxygen atoms in total. The van der Waals surface area contributed by atoms with Gasteiger partial charge in [0.25, 0.3) is 10.0 Å². The van der Waals surface area contributed by atoms with E-state index in [0.717, 1.165) is 24.4 Å². The Morgan fingerprint density at radius 2 is 1.94 bits per heavy atom. The minimum Gasteiger partial charge on any atom is -0.304 e. The molecule has 0 saturated carbocycles. The van der Waals surface area contributed by atoms with Crippen molar-refractivity contribution >= 4 is 21.4 Å². The summed E-state index contributed by atoms with van der Waals surface area (Å²) in [7, 11) is -1.43. The van der Waals surface area contributed by atoms with E-state index in [2.05, 4.69) is 4.90 Å². The number of likely N-dealkylation sites (N-methyl/N-ethyl adjacent to an activating group) is 1. The molecule has 0 bridgehead atoms. The van der Waals surface area contributed by atoms with Crippen LogP contribution in [0.4, 0.5) is 0 Å². The predicted octanol–water partition coefficient (Wildman–Crippen LogP) is 0.556. The molecule has 17 heavy (non-hydrogen) atoms. The maximum atomic E-state index is 12.2. The lowest BCUT2D eigenvalue weighted by Gasteiger charge is -2.31. The number of hydrogen-bond acceptors (Lipinski definition) is 5. The van der Waals surface area contributed by atoms with E-state index in [-0.39, 0.29) is 4.21 Å². The summed E-state index contributed by atoms with van der Waals surface area (Å²) in [5.74, 6) is 0. The summed E-state index contributed by atoms with van der Waals surface area (Å²) < 4.78 is 26.2. The van der Waals surface area contributed by atoms with Crippen molar-refractivity contribution in [2.45, 2.75) is 4.21 Å². The minimum atomic E-state index is -3.40. The first-order valence-electron chi connectivity index (χ1n) is 5.22. The average molecular weight is 271 g/mol. The standard InChI is InChI=1S/C10H13N3O2S2/c1-12-4-6-13(7-5-12)17(14,15)10-3-2-9(8-11)16-10/h2-3H,4-7H2,1H3. The van der Waals surface area contributed by atoms with E-state index in [1.165, 1.54) is 10.4 Å². The lowest BCUT2D eigenvalue weighted by atomic mass is 10.4. The quantitative estimate of drug-likeness (QED) is 0.788. The SMILES string of the molecule is CN1CCN(S(=O)(=O)c2ccc(C#N)s2)CC1. The number of hydrogen-bond donors (Lipinski definition) is 0. The van der Waals surface area contributed by atoms with Gasteiger partial charge in [0.1, 0.15) is 15.2 Å². The molecule has 1 aromatic rings. The van der Waals surface area contributed by atoms with Crippen LogP contribution in [0.5, 0.6) is 0 Å². The fraction of sp³-hybridized carbons (Fsp3) is 0.500. The Labute approximate surface area is 105 Å². The molecule has 0 atom stereocenters. The number of thiophene rings is 1. The minimum absolute atomic E-state index is 0.263. The average Bonchev–Trinajstić information content (AvgIpc) is 2.78. The first-order valence-corrected chi connectivity index (χ1v) is 7.48. The Hall–Kier alpha value is -0.940. The van der Waals surface area contributed by atoms with Gasteiger partial charge in [-0.25, -0.2) is 8.42 Å². The summed E-state index contributed by atoms with van der Waals surface area (Å²) in [5.41, 5.74) is 0. The lowest BCUT2D eigenvalue weighted by Crippen LogP contribution is -2.46. The Morgan fingerprint density at radius 1 is 1.29 bits per heavy atom. The van der Waals surface area contributed by atoms with E-state index < -0.39 is 10.0 Å². The summed E-state index contributed by atoms with van der Waals surface area (Å²) in [4.78, 5) is 2.53. The van der Waals surface area contributed by atoms with E-state index in [9.17, 15) is 8.42 Å². The third-order valence-electron chi connectivity index (χ3n) is 2.75. The summed E-state index contributed by atoms with van der Waals surface area (Å²) in [6, 6.07) is 5.02. The maximum absolute atomic E-state index is 12.2. The topological polar surface area (TPSA) is 64.4 Å². The Morgan fingerprint density at radius 3 is 2.47 bits per heavy atom. The number of sulfonamides is 1. The van der Waals surface area contributed by atoms with Gasteiger partial charge in [0.2, 0.25) is 0 Å². The zero-order chi connectivity index (χ0) is 12.5. The fourth-order valence-electron chi connectivity index (χ4n) is 1.67. The first kappa shape index (κ1) is 12.5. The van der Waals surface area contributed by atoms with Crippen molar-refractivity contribution in [1.29, 1.82) is 5.26 Å². The maximum Gasteiger partial charge on any atom is 0.252 e. The van der Waals surface area contributed by atoms with Crippen LogP contribution in [0.3, 0.4) is 0 Å². The first-order chi connectivity index (χ1) is 8.04. The van der Waals surface area contributed by atoms with E-state index in [4.69, 9.17) is 5.26 Å². The smallest absolute Gasteiger partial charge is 0.252 e. The molecule has 92 valence electrons. The largest absolute Gasteiger partial charge is 0.304 e. The van der Waals surface area contributed by atoms with Crippen LogP contribution >= 0.6 is 11.3 Å². The molecule has 0 aromatic carbocycles. The van der Waals surface area contributed by atoms with Crippen LogP contribution in [-0.2, 0) is 10.0 Å². The molecule has 2 heterocycles. The van der Waals surface area contributed by atoms with Crippen molar-refractivity contribution in [3.05, 3.63) is 17.0 Å². The summed E-state index contributed by atoms with van der Waals surface area (Å²) in [6.45, 7) is 2.52. The number of piperazine rings is 1. The molecule has 0 aliphatic carbocycles. The van der Waals surface area contributed by atoms with Crippen LogP contribution in [-0.4, -0.2) is 50.8 Å². The highest BCUT2D eigenvalue weighted by molar-refractivity contribution is 7.91. The normalized spacial score (nSPS) is 19.1. The molecule has 1 aliphatic heterocycles. The van der Waals surface area contributed by atoms with Crippen LogP contribution in [0.25, 0.3) is 0 Å². The van der Waals surface area contributed by atoms with Gasteiger partial charge < -0.3 is 4.90 Å². The molecule has 0 unspecified atom stereocenters. The second kappa shape index (κ2) is 4.74. The Balaban J connectivity index is 2.22. The molecule has 2 rings (SSSR count). The predicted molar refractivity (Wildman–Crippen MR) is 65.3 cm³/mol. The molecular weight excluding hydrogens is 258 g/mol. The van der Waals surface area contributed by atoms with Crippen molar-refractivity contribution in [3.63, 3.8) is 0 Å². The molecule has 0 amide bonds. The number of rotatable bonds is 2. The molecule has 0 spiro atoms. The summed E-state index contributed by atoms with van der Waals surface area (Å²) in [5, 5.41) is 8.71. The van der Waals surface area contributed by atoms with Gasteiger partial charge in [-0.15, -0.1) is 11.3 Å². The van der Waals surface area contributed by atoms with Gasteiger partial charge >= 0.3 is 0 Å². The van der Waals surface area contributed by atoms with Crippen molar-refractivity contribution in [2.75, 3.05) is 33.2 Å². The van der Waals surface area contributed by atoms with Gasteiger partial charge in [0.15, 0.2) is 0 Å². The van der Waals surface area contributed by atoms with Gasteiger partial charge in [-0.1, -0.05) is 0 Å². The van der Waals surface area contributed by atoms with Crippen LogP contribution in [0.1, 0.15) is 4.88 Å². The molecule has 1 aliphatic rings. The highest BCUT2D eigenvalue weighted by Gasteiger charge is 2.28. The van der Waals surface area contributed by atoms with Gasteiger partial charge in [-0.2, -0.15) is 9.57 Å². The van der Waals surface area contributed by atoms with E-state index in [1.54, 1.807) is 6.07 Å². The molecular formula is C10H13N3O2S2. The zero-order valence-corrected chi connectivity index (χ0v) is 11.1.